The van der Waals surface area contributed by atoms with Crippen LogP contribution in [0.2, 0.25) is 5.02 Å². The normalized spacial score (nSPS) is 12.5. The molecule has 0 saturated carbocycles. The number of nitrogens with zero attached hydrogens (tertiary/aromatic N) is 2. The van der Waals surface area contributed by atoms with Gasteiger partial charge >= 0.3 is 0 Å². The molecule has 0 unspecified atom stereocenters. The smallest absolute Gasteiger partial charge is 0.264 e. The van der Waals surface area contributed by atoms with Crippen LogP contribution in [-0.4, -0.2) is 36.1 Å². The van der Waals surface area contributed by atoms with E-state index < -0.39 is 0 Å². The molecule has 1 aromatic heterocycles. The molecule has 0 saturated heterocycles. The molecule has 3 aromatic rings. The number of nitrogens with one attached hydrogen (secondary N) is 1. The quantitative estimate of drug-likeness (QED) is 0.553. The van der Waals surface area contributed by atoms with Gasteiger partial charge in [0.15, 0.2) is 5.75 Å². The monoisotopic (exact) mass is 453 g/mol. The number of rotatable bonds is 6. The number of pyridine rings is 1. The highest BCUT2D eigenvalue weighted by molar-refractivity contribution is 7.98. The highest BCUT2D eigenvalue weighted by atomic mass is 35.5. The number of aromatic nitrogens is 1. The predicted molar refractivity (Wildman–Crippen MR) is 122 cm³/mol. The molecule has 158 valence electrons. The molecule has 2 aromatic carbocycles. The number of amides is 2. The summed E-state index contributed by atoms with van der Waals surface area (Å²) in [5.74, 6) is -0.0242. The lowest BCUT2D eigenvalue weighted by atomic mass is 10.1. The molecule has 0 radical (unpaired) electrons. The van der Waals surface area contributed by atoms with Gasteiger partial charge in [-0.3, -0.25) is 14.5 Å². The van der Waals surface area contributed by atoms with Gasteiger partial charge in [-0.2, -0.15) is 0 Å². The van der Waals surface area contributed by atoms with E-state index in [4.69, 9.17) is 16.3 Å². The van der Waals surface area contributed by atoms with Crippen LogP contribution in [0.3, 0.4) is 0 Å². The van der Waals surface area contributed by atoms with Gasteiger partial charge in [0.25, 0.3) is 5.91 Å². The number of carbonyl (C=O) groups is 2. The van der Waals surface area contributed by atoms with Crippen molar-refractivity contribution in [1.29, 1.82) is 0 Å². The zero-order chi connectivity index (χ0) is 21.8. The zero-order valence-corrected chi connectivity index (χ0v) is 18.4. The fourth-order valence-corrected chi connectivity index (χ4v) is 3.85. The first-order chi connectivity index (χ1) is 15.0. The van der Waals surface area contributed by atoms with E-state index in [1.54, 1.807) is 48.3 Å². The summed E-state index contributed by atoms with van der Waals surface area (Å²) >= 11 is 7.84. The highest BCUT2D eigenvalue weighted by Gasteiger charge is 2.30. The molecular weight excluding hydrogens is 434 g/mol. The first kappa shape index (κ1) is 21.2. The van der Waals surface area contributed by atoms with Crippen LogP contribution < -0.4 is 15.0 Å². The second-order valence-corrected chi connectivity index (χ2v) is 8.23. The summed E-state index contributed by atoms with van der Waals surface area (Å²) in [6.45, 7) is 0.311. The Morgan fingerprint density at radius 2 is 2.00 bits per heavy atom. The SMILES string of the molecule is CSc1ccc(CCNC(=O)CN2C(=O)c3cccnc3Oc3ccc(Cl)cc32)cc1. The summed E-state index contributed by atoms with van der Waals surface area (Å²) < 4.78 is 5.83. The topological polar surface area (TPSA) is 71.5 Å². The Kier molecular flexibility index (Phi) is 6.44. The van der Waals surface area contributed by atoms with E-state index in [9.17, 15) is 9.59 Å². The number of thioether (sulfide) groups is 1. The molecule has 6 nitrogen and oxygen atoms in total. The van der Waals surface area contributed by atoms with Crippen LogP contribution in [0.25, 0.3) is 0 Å². The molecule has 1 N–H and O–H groups in total. The van der Waals surface area contributed by atoms with Gasteiger partial charge in [0.2, 0.25) is 11.8 Å². The molecule has 4 rings (SSSR count). The number of fused-ring (bicyclic) bond motifs is 2. The molecule has 31 heavy (non-hydrogen) atoms. The molecule has 2 amide bonds. The van der Waals surface area contributed by atoms with Crippen molar-refractivity contribution in [3.05, 3.63) is 76.9 Å². The molecular formula is C23H20ClN3O3S. The van der Waals surface area contributed by atoms with Crippen molar-refractivity contribution in [1.82, 2.24) is 10.3 Å². The lowest BCUT2D eigenvalue weighted by Gasteiger charge is -2.21. The summed E-state index contributed by atoms with van der Waals surface area (Å²) in [4.78, 5) is 32.6. The number of carbonyl (C=O) groups excluding carboxylic acids is 2. The minimum Gasteiger partial charge on any atom is -0.436 e. The Labute approximate surface area is 189 Å². The number of ether oxygens (including phenoxy) is 1. The lowest BCUT2D eigenvalue weighted by molar-refractivity contribution is -0.119. The van der Waals surface area contributed by atoms with E-state index in [0.717, 1.165) is 5.56 Å². The van der Waals surface area contributed by atoms with E-state index in [2.05, 4.69) is 34.6 Å². The van der Waals surface area contributed by atoms with E-state index in [1.165, 1.54) is 9.80 Å². The van der Waals surface area contributed by atoms with Crippen LogP contribution in [0.1, 0.15) is 15.9 Å². The number of halogens is 1. The second-order valence-electron chi connectivity index (χ2n) is 6.91. The van der Waals surface area contributed by atoms with Crippen LogP contribution in [0.4, 0.5) is 5.69 Å². The summed E-state index contributed by atoms with van der Waals surface area (Å²) in [6, 6.07) is 16.4. The number of anilines is 1. The average Bonchev–Trinajstić information content (AvgIpc) is 2.89. The van der Waals surface area contributed by atoms with Gasteiger partial charge in [-0.25, -0.2) is 4.98 Å². The standard InChI is InChI=1S/C23H20ClN3O3S/c1-31-17-7-4-15(5-8-17)10-12-25-21(28)14-27-19-13-16(24)6-9-20(19)30-22-18(23(27)29)3-2-11-26-22/h2-9,11,13H,10,12,14H2,1H3,(H,25,28). The Bertz CT molecular complexity index is 1120. The minimum atomic E-state index is -0.369. The van der Waals surface area contributed by atoms with Gasteiger partial charge in [0.1, 0.15) is 12.1 Å². The van der Waals surface area contributed by atoms with Crippen molar-refractivity contribution in [3.63, 3.8) is 0 Å². The average molecular weight is 454 g/mol. The zero-order valence-electron chi connectivity index (χ0n) is 16.8. The Morgan fingerprint density at radius 3 is 2.77 bits per heavy atom. The van der Waals surface area contributed by atoms with Gasteiger partial charge in [-0.15, -0.1) is 11.8 Å². The molecule has 1 aliphatic heterocycles. The van der Waals surface area contributed by atoms with E-state index >= 15 is 0 Å². The Balaban J connectivity index is 1.48. The van der Waals surface area contributed by atoms with Gasteiger partial charge in [-0.1, -0.05) is 23.7 Å². The van der Waals surface area contributed by atoms with Crippen molar-refractivity contribution in [2.45, 2.75) is 11.3 Å². The van der Waals surface area contributed by atoms with Crippen LogP contribution in [0.15, 0.2) is 65.7 Å². The molecule has 0 spiro atoms. The van der Waals surface area contributed by atoms with E-state index in [-0.39, 0.29) is 29.8 Å². The summed E-state index contributed by atoms with van der Waals surface area (Å²) in [6.07, 6.45) is 4.28. The summed E-state index contributed by atoms with van der Waals surface area (Å²) in [5, 5.41) is 3.33. The fourth-order valence-electron chi connectivity index (χ4n) is 3.28. The Hall–Kier alpha value is -3.03. The Morgan fingerprint density at radius 1 is 1.19 bits per heavy atom. The van der Waals surface area contributed by atoms with Gasteiger partial charge in [0.05, 0.1) is 5.69 Å². The molecule has 0 bridgehead atoms. The van der Waals surface area contributed by atoms with Gasteiger partial charge < -0.3 is 10.1 Å². The van der Waals surface area contributed by atoms with E-state index in [1.807, 2.05) is 6.26 Å². The molecule has 2 heterocycles. The maximum atomic E-state index is 13.2. The van der Waals surface area contributed by atoms with Gasteiger partial charge in [0, 0.05) is 22.7 Å². The molecule has 0 atom stereocenters. The molecule has 8 heteroatoms. The third-order valence-corrected chi connectivity index (χ3v) is 5.84. The van der Waals surface area contributed by atoms with Crippen molar-refractivity contribution in [2.75, 3.05) is 24.2 Å². The third kappa shape index (κ3) is 4.84. The van der Waals surface area contributed by atoms with Crippen molar-refractivity contribution in [3.8, 4) is 11.6 Å². The summed E-state index contributed by atoms with van der Waals surface area (Å²) in [7, 11) is 0. The number of hydrogen-bond acceptors (Lipinski definition) is 5. The maximum Gasteiger partial charge on any atom is 0.264 e. The lowest BCUT2D eigenvalue weighted by Crippen LogP contribution is -2.41. The number of hydrogen-bond donors (Lipinski definition) is 1. The largest absolute Gasteiger partial charge is 0.436 e. The molecule has 0 fully saturated rings. The van der Waals surface area contributed by atoms with Crippen LogP contribution >= 0.6 is 23.4 Å². The highest BCUT2D eigenvalue weighted by Crippen LogP contribution is 2.39. The summed E-state index contributed by atoms with van der Waals surface area (Å²) in [5.41, 5.74) is 1.85. The van der Waals surface area contributed by atoms with Crippen LogP contribution in [0, 0.1) is 0 Å². The van der Waals surface area contributed by atoms with Crippen molar-refractivity contribution >= 4 is 40.9 Å². The molecule has 1 aliphatic rings. The first-order valence-corrected chi connectivity index (χ1v) is 11.3. The minimum absolute atomic E-state index is 0.157. The fraction of sp³-hybridized carbons (Fsp3) is 0.174. The van der Waals surface area contributed by atoms with Crippen molar-refractivity contribution < 1.29 is 14.3 Å². The van der Waals surface area contributed by atoms with Gasteiger partial charge in [-0.05, 0) is 60.7 Å². The first-order valence-electron chi connectivity index (χ1n) is 9.69. The second kappa shape index (κ2) is 9.41. The third-order valence-electron chi connectivity index (χ3n) is 4.86. The molecule has 0 aliphatic carbocycles. The number of benzene rings is 2. The maximum absolute atomic E-state index is 13.2. The van der Waals surface area contributed by atoms with E-state index in [0.29, 0.717) is 29.4 Å². The van der Waals surface area contributed by atoms with Crippen LogP contribution in [-0.2, 0) is 11.2 Å². The van der Waals surface area contributed by atoms with Crippen LogP contribution in [0.5, 0.6) is 11.6 Å². The van der Waals surface area contributed by atoms with Crippen molar-refractivity contribution in [2.24, 2.45) is 0 Å². The predicted octanol–water partition coefficient (Wildman–Crippen LogP) is 4.57.